The fourth-order valence-corrected chi connectivity index (χ4v) is 2.79. The number of benzene rings is 1. The minimum Gasteiger partial charge on any atom is -0.478 e. The summed E-state index contributed by atoms with van der Waals surface area (Å²) in [6.07, 6.45) is 0.964. The molecule has 0 aliphatic rings. The van der Waals surface area contributed by atoms with Crippen molar-refractivity contribution >= 4 is 26.0 Å². The number of carbonyl (C=O) groups is 1. The highest BCUT2D eigenvalue weighted by atomic mass is 32.2. The first-order valence-corrected chi connectivity index (χ1v) is 8.77. The van der Waals surface area contributed by atoms with Crippen LogP contribution in [0.5, 0.6) is 0 Å². The smallest absolute Gasteiger partial charge is 0.335 e. The van der Waals surface area contributed by atoms with Gasteiger partial charge in [0.15, 0.2) is 0 Å². The van der Waals surface area contributed by atoms with E-state index in [9.17, 15) is 21.6 Å². The van der Waals surface area contributed by atoms with E-state index in [1.807, 2.05) is 0 Å². The van der Waals surface area contributed by atoms with Gasteiger partial charge in [-0.1, -0.05) is 0 Å². The number of hydrogen-bond donors (Lipinski definition) is 3. The van der Waals surface area contributed by atoms with Crippen molar-refractivity contribution in [2.75, 3.05) is 19.3 Å². The van der Waals surface area contributed by atoms with Gasteiger partial charge < -0.3 is 5.11 Å². The molecule has 0 fully saturated rings. The van der Waals surface area contributed by atoms with Gasteiger partial charge in [-0.3, -0.25) is 0 Å². The maximum absolute atomic E-state index is 11.8. The van der Waals surface area contributed by atoms with Crippen molar-refractivity contribution < 1.29 is 26.7 Å². The van der Waals surface area contributed by atoms with Gasteiger partial charge in [0, 0.05) is 13.1 Å². The Morgan fingerprint density at radius 1 is 1.05 bits per heavy atom. The summed E-state index contributed by atoms with van der Waals surface area (Å²) in [6.45, 7) is -0.193. The van der Waals surface area contributed by atoms with Crippen molar-refractivity contribution in [3.8, 4) is 0 Å². The van der Waals surface area contributed by atoms with Crippen LogP contribution < -0.4 is 9.44 Å². The Morgan fingerprint density at radius 2 is 1.55 bits per heavy atom. The van der Waals surface area contributed by atoms with E-state index in [4.69, 9.17) is 5.11 Å². The van der Waals surface area contributed by atoms with Crippen molar-refractivity contribution in [2.45, 2.75) is 4.90 Å². The van der Waals surface area contributed by atoms with E-state index in [2.05, 4.69) is 9.44 Å². The lowest BCUT2D eigenvalue weighted by Crippen LogP contribution is -2.34. The molecule has 112 valence electrons. The number of sulfonamides is 2. The average Bonchev–Trinajstić information content (AvgIpc) is 2.34. The molecule has 0 amide bonds. The van der Waals surface area contributed by atoms with E-state index in [0.717, 1.165) is 18.4 Å². The van der Waals surface area contributed by atoms with Crippen LogP contribution in [0.1, 0.15) is 10.4 Å². The van der Waals surface area contributed by atoms with Gasteiger partial charge in [-0.15, -0.1) is 0 Å². The summed E-state index contributed by atoms with van der Waals surface area (Å²) >= 11 is 0. The number of nitrogens with one attached hydrogen (secondary N) is 2. The summed E-state index contributed by atoms with van der Waals surface area (Å²) in [7, 11) is -7.17. The normalized spacial score (nSPS) is 12.2. The van der Waals surface area contributed by atoms with E-state index in [1.165, 1.54) is 12.1 Å². The number of rotatable bonds is 7. The first-order chi connectivity index (χ1) is 9.12. The van der Waals surface area contributed by atoms with Gasteiger partial charge >= 0.3 is 5.97 Å². The van der Waals surface area contributed by atoms with E-state index < -0.39 is 26.0 Å². The summed E-state index contributed by atoms with van der Waals surface area (Å²) in [5, 5.41) is 8.70. The Morgan fingerprint density at radius 3 is 2.00 bits per heavy atom. The molecule has 0 spiro atoms. The summed E-state index contributed by atoms with van der Waals surface area (Å²) < 4.78 is 49.5. The average molecular weight is 322 g/mol. The van der Waals surface area contributed by atoms with E-state index in [1.54, 1.807) is 0 Å². The SMILES string of the molecule is CS(=O)(=O)NCCNS(=O)(=O)c1ccc(C(=O)O)cc1. The molecule has 20 heavy (non-hydrogen) atoms. The maximum Gasteiger partial charge on any atom is 0.335 e. The third-order valence-electron chi connectivity index (χ3n) is 2.19. The lowest BCUT2D eigenvalue weighted by atomic mass is 10.2. The predicted octanol–water partition coefficient (Wildman–Crippen LogP) is -0.788. The van der Waals surface area contributed by atoms with Crippen LogP contribution in [-0.2, 0) is 20.0 Å². The third kappa shape index (κ3) is 5.25. The van der Waals surface area contributed by atoms with Gasteiger partial charge in [-0.05, 0) is 24.3 Å². The molecule has 0 aliphatic carbocycles. The van der Waals surface area contributed by atoms with E-state index in [0.29, 0.717) is 0 Å². The Balaban J connectivity index is 2.67. The van der Waals surface area contributed by atoms with Gasteiger partial charge in [0.1, 0.15) is 0 Å². The van der Waals surface area contributed by atoms with Crippen LogP contribution in [0.25, 0.3) is 0 Å². The quantitative estimate of drug-likeness (QED) is 0.564. The number of aromatic carboxylic acids is 1. The summed E-state index contributed by atoms with van der Waals surface area (Å²) in [4.78, 5) is 10.5. The minimum atomic E-state index is -3.80. The highest BCUT2D eigenvalue weighted by Crippen LogP contribution is 2.10. The molecule has 0 unspecified atom stereocenters. The number of hydrogen-bond acceptors (Lipinski definition) is 5. The second-order valence-electron chi connectivity index (χ2n) is 3.89. The lowest BCUT2D eigenvalue weighted by molar-refractivity contribution is 0.0696. The van der Waals surface area contributed by atoms with Crippen LogP contribution in [0.2, 0.25) is 0 Å². The molecule has 0 heterocycles. The van der Waals surface area contributed by atoms with Crippen LogP contribution in [0.3, 0.4) is 0 Å². The first-order valence-electron chi connectivity index (χ1n) is 5.39. The molecule has 3 N–H and O–H groups in total. The second-order valence-corrected chi connectivity index (χ2v) is 7.49. The van der Waals surface area contributed by atoms with Gasteiger partial charge in [-0.2, -0.15) is 0 Å². The van der Waals surface area contributed by atoms with E-state index >= 15 is 0 Å². The summed E-state index contributed by atoms with van der Waals surface area (Å²) in [5.74, 6) is -1.15. The van der Waals surface area contributed by atoms with Crippen LogP contribution in [-0.4, -0.2) is 47.3 Å². The molecule has 1 rings (SSSR count). The zero-order chi connectivity index (χ0) is 15.4. The standard InChI is InChI=1S/C10H14N2O6S2/c1-19(15,16)11-6-7-12-20(17,18)9-4-2-8(3-5-9)10(13)14/h2-5,11-12H,6-7H2,1H3,(H,13,14). The lowest BCUT2D eigenvalue weighted by Gasteiger charge is -2.07. The number of carboxylic acids is 1. The van der Waals surface area contributed by atoms with Gasteiger partial charge in [0.05, 0.1) is 16.7 Å². The van der Waals surface area contributed by atoms with Crippen molar-refractivity contribution in [3.63, 3.8) is 0 Å². The molecule has 0 bridgehead atoms. The van der Waals surface area contributed by atoms with Crippen LogP contribution >= 0.6 is 0 Å². The Bertz CT molecular complexity index is 679. The Labute approximate surface area is 116 Å². The molecular weight excluding hydrogens is 308 g/mol. The summed E-state index contributed by atoms with van der Waals surface area (Å²) in [6, 6.07) is 4.67. The fourth-order valence-electron chi connectivity index (χ4n) is 1.28. The van der Waals surface area contributed by atoms with Crippen molar-refractivity contribution in [1.29, 1.82) is 0 Å². The van der Waals surface area contributed by atoms with Crippen molar-refractivity contribution in [2.24, 2.45) is 0 Å². The molecule has 0 aromatic heterocycles. The number of carboxylic acid groups (broad SMARTS) is 1. The van der Waals surface area contributed by atoms with Gasteiger partial charge in [0.25, 0.3) is 0 Å². The van der Waals surface area contributed by atoms with Crippen LogP contribution in [0.15, 0.2) is 29.2 Å². The molecule has 8 nitrogen and oxygen atoms in total. The molecule has 1 aromatic rings. The highest BCUT2D eigenvalue weighted by Gasteiger charge is 2.14. The molecule has 0 atom stereocenters. The molecule has 0 saturated carbocycles. The molecule has 1 aromatic carbocycles. The minimum absolute atomic E-state index is 0.0253. The zero-order valence-electron chi connectivity index (χ0n) is 10.5. The largest absolute Gasteiger partial charge is 0.478 e. The first kappa shape index (κ1) is 16.6. The molecule has 10 heteroatoms. The van der Waals surface area contributed by atoms with Crippen molar-refractivity contribution in [3.05, 3.63) is 29.8 Å². The molecular formula is C10H14N2O6S2. The summed E-state index contributed by atoms with van der Waals surface area (Å²) in [5.41, 5.74) is -0.0253. The second kappa shape index (κ2) is 6.31. The van der Waals surface area contributed by atoms with Gasteiger partial charge in [0.2, 0.25) is 20.0 Å². The topological polar surface area (TPSA) is 130 Å². The monoisotopic (exact) mass is 322 g/mol. The molecule has 0 aliphatic heterocycles. The van der Waals surface area contributed by atoms with Crippen LogP contribution in [0.4, 0.5) is 0 Å². The Hall–Kier alpha value is -1.49. The third-order valence-corrected chi connectivity index (χ3v) is 4.40. The highest BCUT2D eigenvalue weighted by molar-refractivity contribution is 7.89. The van der Waals surface area contributed by atoms with E-state index in [-0.39, 0.29) is 23.5 Å². The van der Waals surface area contributed by atoms with Crippen molar-refractivity contribution in [1.82, 2.24) is 9.44 Å². The van der Waals surface area contributed by atoms with Gasteiger partial charge in [-0.25, -0.2) is 31.1 Å². The maximum atomic E-state index is 11.8. The Kier molecular flexibility index (Phi) is 5.22. The zero-order valence-corrected chi connectivity index (χ0v) is 12.2. The molecule has 0 saturated heterocycles. The van der Waals surface area contributed by atoms with Crippen LogP contribution in [0, 0.1) is 0 Å². The molecule has 0 radical (unpaired) electrons. The fraction of sp³-hybridized carbons (Fsp3) is 0.300. The predicted molar refractivity (Wildman–Crippen MR) is 71.4 cm³/mol.